The average Bonchev–Trinajstić information content (AvgIpc) is 1.26. The minimum absolute atomic E-state index is 0.0670. The summed E-state index contributed by atoms with van der Waals surface area (Å²) >= 11 is 0. The van der Waals surface area contributed by atoms with E-state index in [0.717, 1.165) is 49.0 Å². The van der Waals surface area contributed by atoms with Crippen LogP contribution in [0.4, 0.5) is 8.78 Å². The molecule has 0 aliphatic carbocycles. The Morgan fingerprint density at radius 3 is 1.90 bits per heavy atom. The van der Waals surface area contributed by atoms with Gasteiger partial charge in [0.15, 0.2) is 0 Å². The Morgan fingerprint density at radius 1 is 0.674 bits per heavy atom. The zero-order chi connectivity index (χ0) is 66.4. The Balaban J connectivity index is 0.908. The molecule has 4 heterocycles. The fourth-order valence-corrected chi connectivity index (χ4v) is 11.7. The Kier molecular flexibility index (Phi) is 30.3. The smallest absolute Gasteiger partial charge is 0.317 e. The lowest BCUT2D eigenvalue weighted by Crippen LogP contribution is -2.52. The number of hydrogen-bond acceptors (Lipinski definition) is 16. The van der Waals surface area contributed by atoms with Crippen molar-refractivity contribution in [1.29, 1.82) is 5.26 Å². The van der Waals surface area contributed by atoms with E-state index < -0.39 is 73.1 Å². The molecule has 25 nitrogen and oxygen atoms in total. The standard InChI is InChI=1S/C65H92F2N12O13/c1-47-15-17-48(18-16-47)11-9-13-56(80)70-24-7-4-12-55(73-57(81)42-74-29-31-75(43-60(84)85)33-35-77(45-62(88)89)36-34-76(32-30-74)44-61(86)87)64(91)71-25-6-2-3-14-58(82)78-27-22-49(23-28-78)10-5-8-37-92-51-19-20-54-53(38-51)52(21-26-69-54)63(90)72-41-59(83)79-46-65(66,67)39-50(79)40-68/h15-21,26,38,49-50,55H,2-14,22-25,27-37,39,41-46H2,1H3,(H,70,80)(H,71,91)(H,72,90)(H,73,81)(H,84,85)(H,86,87)(H,88,89)/t50-,55?/m1/s1. The highest BCUT2D eigenvalue weighted by atomic mass is 19.3. The van der Waals surface area contributed by atoms with Crippen molar-refractivity contribution in [2.24, 2.45) is 5.92 Å². The van der Waals surface area contributed by atoms with Gasteiger partial charge in [-0.3, -0.25) is 67.7 Å². The van der Waals surface area contributed by atoms with Crippen molar-refractivity contribution in [3.8, 4) is 11.8 Å². The zero-order valence-electron chi connectivity index (χ0n) is 52.9. The number of rotatable bonds is 34. The van der Waals surface area contributed by atoms with Crippen molar-refractivity contribution in [3.63, 3.8) is 0 Å². The Morgan fingerprint density at radius 2 is 1.28 bits per heavy atom. The van der Waals surface area contributed by atoms with Crippen molar-refractivity contribution in [1.82, 2.24) is 55.7 Å². The summed E-state index contributed by atoms with van der Waals surface area (Å²) in [5.41, 5.74) is 3.08. The van der Waals surface area contributed by atoms with Gasteiger partial charge in [-0.2, -0.15) is 5.26 Å². The maximum Gasteiger partial charge on any atom is 0.317 e. The van der Waals surface area contributed by atoms with Gasteiger partial charge in [0.2, 0.25) is 29.5 Å². The van der Waals surface area contributed by atoms with Crippen LogP contribution in [-0.4, -0.2) is 245 Å². The maximum atomic E-state index is 13.9. The number of unbranched alkanes of at least 4 members (excludes halogenated alkanes) is 4. The van der Waals surface area contributed by atoms with Crippen molar-refractivity contribution < 1.29 is 72.0 Å². The largest absolute Gasteiger partial charge is 0.494 e. The molecule has 3 aromatic rings. The number of pyridine rings is 1. The Bertz CT molecular complexity index is 2950. The SMILES string of the molecule is Cc1ccc(CCCC(=O)NCCCCC(NC(=O)CN2CCN(CC(=O)O)CCN(CC(=O)O)CCN(CC(=O)O)CC2)C(=O)NCCCCCC(=O)N2CCC(CCCCOc3ccc4nccc(C(=O)NCC(=O)N5CC(F)(F)C[C@@H]5C#N)c4c3)CC2)cc1. The molecule has 504 valence electrons. The monoisotopic (exact) mass is 1290 g/mol. The van der Waals surface area contributed by atoms with Gasteiger partial charge in [-0.05, 0) is 113 Å². The number of nitriles is 1. The second-order valence-electron chi connectivity index (χ2n) is 24.3. The number of carbonyl (C=O) groups excluding carboxylic acids is 6. The number of alkyl halides is 2. The summed E-state index contributed by atoms with van der Waals surface area (Å²) in [7, 11) is 0. The normalized spacial score (nSPS) is 17.6. The van der Waals surface area contributed by atoms with Crippen molar-refractivity contribution in [2.75, 3.05) is 124 Å². The van der Waals surface area contributed by atoms with Crippen molar-refractivity contribution in [3.05, 3.63) is 71.4 Å². The number of hydrogen-bond donors (Lipinski definition) is 7. The molecule has 2 atom stereocenters. The number of fused-ring (bicyclic) bond motifs is 1. The first-order chi connectivity index (χ1) is 44.1. The van der Waals surface area contributed by atoms with Crippen LogP contribution in [0.1, 0.15) is 118 Å². The quantitative estimate of drug-likeness (QED) is 0.0419. The van der Waals surface area contributed by atoms with Gasteiger partial charge in [-0.15, -0.1) is 0 Å². The molecule has 2 aromatic carbocycles. The molecule has 1 aromatic heterocycles. The first kappa shape index (κ1) is 73.1. The van der Waals surface area contributed by atoms with E-state index in [1.165, 1.54) is 17.8 Å². The van der Waals surface area contributed by atoms with Crippen LogP contribution in [0.2, 0.25) is 0 Å². The van der Waals surface area contributed by atoms with Gasteiger partial charge in [-0.25, -0.2) is 8.78 Å². The van der Waals surface area contributed by atoms with Gasteiger partial charge in [0.1, 0.15) is 17.8 Å². The van der Waals surface area contributed by atoms with E-state index in [-0.39, 0.29) is 108 Å². The molecule has 6 amide bonds. The molecule has 0 bridgehead atoms. The van der Waals surface area contributed by atoms with Gasteiger partial charge in [-0.1, -0.05) is 42.7 Å². The summed E-state index contributed by atoms with van der Waals surface area (Å²) in [4.78, 5) is 129. The van der Waals surface area contributed by atoms with Crippen LogP contribution < -0.4 is 26.0 Å². The first-order valence-corrected chi connectivity index (χ1v) is 32.2. The third kappa shape index (κ3) is 26.4. The number of nitrogens with zero attached hydrogens (tertiary/aromatic N) is 8. The maximum absolute atomic E-state index is 13.9. The predicted octanol–water partition coefficient (Wildman–Crippen LogP) is 3.77. The summed E-state index contributed by atoms with van der Waals surface area (Å²) < 4.78 is 33.9. The number of ether oxygens (including phenoxy) is 1. The van der Waals surface area contributed by atoms with E-state index >= 15 is 0 Å². The van der Waals surface area contributed by atoms with Crippen LogP contribution in [-0.2, 0) is 44.8 Å². The van der Waals surface area contributed by atoms with E-state index in [0.29, 0.717) is 107 Å². The molecule has 6 rings (SSSR count). The summed E-state index contributed by atoms with van der Waals surface area (Å²) in [5.74, 6) is -7.58. The van der Waals surface area contributed by atoms with E-state index in [1.54, 1.807) is 43.9 Å². The fourth-order valence-electron chi connectivity index (χ4n) is 11.7. The molecule has 0 saturated carbocycles. The van der Waals surface area contributed by atoms with Crippen molar-refractivity contribution >= 4 is 64.3 Å². The minimum atomic E-state index is -3.17. The van der Waals surface area contributed by atoms with E-state index in [1.807, 2.05) is 24.0 Å². The molecular weight excluding hydrogens is 1190 g/mol. The number of amides is 6. The Labute approximate surface area is 536 Å². The fraction of sp³-hybridized carbons (Fsp3) is 0.615. The molecular formula is C65H92F2N12O13. The summed E-state index contributed by atoms with van der Waals surface area (Å²) in [6, 6.07) is 14.4. The van der Waals surface area contributed by atoms with Gasteiger partial charge >= 0.3 is 17.9 Å². The van der Waals surface area contributed by atoms with E-state index in [9.17, 15) is 72.5 Å². The molecule has 3 aliphatic rings. The number of aryl methyl sites for hydroxylation is 2. The molecule has 3 saturated heterocycles. The highest BCUT2D eigenvalue weighted by Crippen LogP contribution is 2.32. The van der Waals surface area contributed by atoms with Crippen LogP contribution in [0, 0.1) is 24.2 Å². The highest BCUT2D eigenvalue weighted by molar-refractivity contribution is 6.07. The number of piperidine rings is 1. The van der Waals surface area contributed by atoms with Crippen LogP contribution in [0.15, 0.2) is 54.7 Å². The van der Waals surface area contributed by atoms with Crippen LogP contribution >= 0.6 is 0 Å². The van der Waals surface area contributed by atoms with E-state index in [2.05, 4.69) is 38.4 Å². The lowest BCUT2D eigenvalue weighted by Gasteiger charge is -2.33. The summed E-state index contributed by atoms with van der Waals surface area (Å²) in [6.45, 7) is 3.77. The second kappa shape index (κ2) is 38.2. The van der Waals surface area contributed by atoms with Gasteiger partial charge in [0, 0.05) is 109 Å². The Hall–Kier alpha value is -7.93. The molecule has 92 heavy (non-hydrogen) atoms. The van der Waals surface area contributed by atoms with Crippen LogP contribution in [0.5, 0.6) is 5.75 Å². The lowest BCUT2D eigenvalue weighted by molar-refractivity contribution is -0.140. The molecule has 1 unspecified atom stereocenters. The van der Waals surface area contributed by atoms with Crippen LogP contribution in [0.3, 0.4) is 0 Å². The van der Waals surface area contributed by atoms with Crippen molar-refractivity contribution in [2.45, 2.75) is 128 Å². The van der Waals surface area contributed by atoms with Crippen LogP contribution in [0.25, 0.3) is 10.9 Å². The lowest BCUT2D eigenvalue weighted by atomic mass is 9.91. The predicted molar refractivity (Wildman–Crippen MR) is 336 cm³/mol. The molecule has 27 heteroatoms. The number of aromatic nitrogens is 1. The number of carboxylic acid groups (broad SMARTS) is 3. The molecule has 0 spiro atoms. The molecule has 3 fully saturated rings. The molecule has 7 N–H and O–H groups in total. The van der Waals surface area contributed by atoms with Gasteiger partial charge in [0.05, 0.1) is 63.0 Å². The second-order valence-corrected chi connectivity index (χ2v) is 24.3. The third-order valence-electron chi connectivity index (χ3n) is 17.0. The molecule has 3 aliphatic heterocycles. The zero-order valence-corrected chi connectivity index (χ0v) is 52.9. The molecule has 0 radical (unpaired) electrons. The topological polar surface area (TPSA) is 328 Å². The number of aliphatic carboxylic acids is 3. The summed E-state index contributed by atoms with van der Waals surface area (Å²) in [5, 5.41) is 49.9. The summed E-state index contributed by atoms with van der Waals surface area (Å²) in [6.07, 6.45) is 10.7. The van der Waals surface area contributed by atoms with E-state index in [4.69, 9.17) is 4.74 Å². The van der Waals surface area contributed by atoms with Gasteiger partial charge < -0.3 is 51.1 Å². The minimum Gasteiger partial charge on any atom is -0.494 e. The number of carboxylic acids is 3. The average molecular weight is 1290 g/mol. The number of nitrogens with one attached hydrogen (secondary N) is 4. The number of carbonyl (C=O) groups is 9. The highest BCUT2D eigenvalue weighted by Gasteiger charge is 2.47. The third-order valence-corrected chi connectivity index (χ3v) is 17.0. The number of halogens is 2. The number of likely N-dealkylation sites (tertiary alicyclic amines) is 2. The number of benzene rings is 2. The van der Waals surface area contributed by atoms with Gasteiger partial charge in [0.25, 0.3) is 11.8 Å². The first-order valence-electron chi connectivity index (χ1n) is 32.2.